The summed E-state index contributed by atoms with van der Waals surface area (Å²) in [4.78, 5) is 28.8. The van der Waals surface area contributed by atoms with Gasteiger partial charge in [-0.05, 0) is 13.0 Å². The van der Waals surface area contributed by atoms with Crippen molar-refractivity contribution in [1.29, 1.82) is 0 Å². The quantitative estimate of drug-likeness (QED) is 0.425. The summed E-state index contributed by atoms with van der Waals surface area (Å²) in [5.41, 5.74) is 2.43. The molecule has 27 heavy (non-hydrogen) atoms. The van der Waals surface area contributed by atoms with Gasteiger partial charge in [-0.3, -0.25) is 4.79 Å². The first-order valence-corrected chi connectivity index (χ1v) is 8.43. The number of para-hydroxylation sites is 1. The molecule has 0 aliphatic rings. The number of carbonyl (C=O) groups excluding carboxylic acids is 2. The number of esters is 1. The van der Waals surface area contributed by atoms with E-state index in [4.69, 9.17) is 9.26 Å². The van der Waals surface area contributed by atoms with Gasteiger partial charge >= 0.3 is 5.97 Å². The van der Waals surface area contributed by atoms with Crippen molar-refractivity contribution in [2.45, 2.75) is 13.0 Å². The predicted molar refractivity (Wildman–Crippen MR) is 98.5 cm³/mol. The molecule has 0 spiro atoms. The van der Waals surface area contributed by atoms with E-state index in [0.29, 0.717) is 16.8 Å². The van der Waals surface area contributed by atoms with E-state index in [1.54, 1.807) is 37.4 Å². The van der Waals surface area contributed by atoms with E-state index in [2.05, 4.69) is 10.1 Å². The van der Waals surface area contributed by atoms with Crippen LogP contribution in [0.2, 0.25) is 0 Å². The largest absolute Gasteiger partial charge is 0.443 e. The topological polar surface area (TPSA) is 85.2 Å². The molecule has 1 atom stereocenters. The average Bonchev–Trinajstić information content (AvgIpc) is 3.32. The Kier molecular flexibility index (Phi) is 4.30. The summed E-state index contributed by atoms with van der Waals surface area (Å²) < 4.78 is 10.5. The second-order valence-electron chi connectivity index (χ2n) is 6.14. The molecule has 0 amide bonds. The molecule has 0 radical (unpaired) electrons. The minimum absolute atomic E-state index is 0.0415. The number of hydrogen-bond acceptors (Lipinski definition) is 5. The summed E-state index contributed by atoms with van der Waals surface area (Å²) in [6.07, 6.45) is 0.540. The molecule has 2 aromatic carbocycles. The Labute approximate surface area is 154 Å². The second-order valence-corrected chi connectivity index (χ2v) is 6.14. The van der Waals surface area contributed by atoms with Crippen molar-refractivity contribution in [3.8, 4) is 0 Å². The van der Waals surface area contributed by atoms with Crippen LogP contribution in [0.4, 0.5) is 0 Å². The van der Waals surface area contributed by atoms with Crippen molar-refractivity contribution < 1.29 is 18.8 Å². The molecule has 0 saturated carbocycles. The molecule has 0 aliphatic carbocycles. The van der Waals surface area contributed by atoms with Gasteiger partial charge in [-0.1, -0.05) is 53.7 Å². The lowest BCUT2D eigenvalue weighted by atomic mass is 9.99. The average molecular weight is 360 g/mol. The number of nitrogens with one attached hydrogen (secondary N) is 1. The smallest absolute Gasteiger partial charge is 0.378 e. The zero-order chi connectivity index (χ0) is 18.8. The molecule has 4 aromatic rings. The van der Waals surface area contributed by atoms with E-state index >= 15 is 0 Å². The fourth-order valence-electron chi connectivity index (χ4n) is 2.94. The number of carbonyl (C=O) groups is 2. The molecule has 0 saturated heterocycles. The predicted octanol–water partition coefficient (Wildman–Crippen LogP) is 4.25. The van der Waals surface area contributed by atoms with E-state index < -0.39 is 12.1 Å². The molecule has 0 fully saturated rings. The van der Waals surface area contributed by atoms with E-state index in [1.165, 1.54) is 6.07 Å². The number of benzene rings is 2. The molecule has 0 aliphatic heterocycles. The van der Waals surface area contributed by atoms with E-state index in [0.717, 1.165) is 10.9 Å². The Morgan fingerprint density at radius 1 is 1.07 bits per heavy atom. The van der Waals surface area contributed by atoms with Gasteiger partial charge in [0.2, 0.25) is 11.5 Å². The highest BCUT2D eigenvalue weighted by Crippen LogP contribution is 2.28. The minimum atomic E-state index is -1.09. The number of hydrogen-bond donors (Lipinski definition) is 1. The number of aryl methyl sites for hydroxylation is 1. The number of fused-ring (bicyclic) bond motifs is 1. The van der Waals surface area contributed by atoms with Crippen LogP contribution >= 0.6 is 0 Å². The van der Waals surface area contributed by atoms with Gasteiger partial charge in [0.15, 0.2) is 6.10 Å². The molecule has 0 unspecified atom stereocenters. The van der Waals surface area contributed by atoms with Crippen LogP contribution in [-0.2, 0) is 4.74 Å². The first-order valence-electron chi connectivity index (χ1n) is 8.43. The van der Waals surface area contributed by atoms with Crippen molar-refractivity contribution in [2.24, 2.45) is 0 Å². The van der Waals surface area contributed by atoms with Gasteiger partial charge in [-0.2, -0.15) is 0 Å². The van der Waals surface area contributed by atoms with E-state index in [1.807, 2.05) is 30.3 Å². The van der Waals surface area contributed by atoms with Crippen LogP contribution in [-0.4, -0.2) is 21.9 Å². The van der Waals surface area contributed by atoms with Crippen LogP contribution in [0.3, 0.4) is 0 Å². The van der Waals surface area contributed by atoms with Crippen LogP contribution in [0.5, 0.6) is 0 Å². The number of H-pyrrole nitrogens is 1. The first-order chi connectivity index (χ1) is 13.1. The van der Waals surface area contributed by atoms with Crippen LogP contribution in [0.1, 0.15) is 38.3 Å². The van der Waals surface area contributed by atoms with Crippen LogP contribution in [0, 0.1) is 6.92 Å². The molecule has 6 heteroatoms. The molecule has 6 nitrogen and oxygen atoms in total. The molecule has 2 heterocycles. The van der Waals surface area contributed by atoms with Gasteiger partial charge in [-0.25, -0.2) is 4.79 Å². The number of aromatic amines is 1. The third kappa shape index (κ3) is 3.25. The van der Waals surface area contributed by atoms with Crippen molar-refractivity contribution in [3.05, 3.63) is 89.4 Å². The summed E-state index contributed by atoms with van der Waals surface area (Å²) in [5, 5.41) is 4.46. The zero-order valence-electron chi connectivity index (χ0n) is 14.5. The van der Waals surface area contributed by atoms with Crippen LogP contribution in [0.25, 0.3) is 10.9 Å². The third-order valence-electron chi connectivity index (χ3n) is 4.25. The van der Waals surface area contributed by atoms with E-state index in [9.17, 15) is 9.59 Å². The standard InChI is InChI=1S/C21H16N2O4/c1-13-11-18(27-23-13)21(25)26-20(14-7-3-2-4-8-14)19(24)16-12-22-17-10-6-5-9-15(16)17/h2-12,20,22H,1H3/t20-/m1/s1. The molecule has 0 bridgehead atoms. The SMILES string of the molecule is Cc1cc(C(=O)O[C@@H](C(=O)c2c[nH]c3ccccc23)c2ccccc2)on1. The maximum absolute atomic E-state index is 13.2. The number of ketones is 1. The highest BCUT2D eigenvalue weighted by Gasteiger charge is 2.29. The minimum Gasteiger partial charge on any atom is -0.443 e. The van der Waals surface area contributed by atoms with E-state index in [-0.39, 0.29) is 11.5 Å². The summed E-state index contributed by atoms with van der Waals surface area (Å²) >= 11 is 0. The van der Waals surface area contributed by atoms with Crippen molar-refractivity contribution in [1.82, 2.24) is 10.1 Å². The maximum Gasteiger partial charge on any atom is 0.378 e. The zero-order valence-corrected chi connectivity index (χ0v) is 14.5. The lowest BCUT2D eigenvalue weighted by molar-refractivity contribution is 0.0243. The van der Waals surface area contributed by atoms with Gasteiger partial charge in [-0.15, -0.1) is 0 Å². The summed E-state index contributed by atoms with van der Waals surface area (Å²) in [6, 6.07) is 17.8. The third-order valence-corrected chi connectivity index (χ3v) is 4.25. The molecule has 1 N–H and O–H groups in total. The van der Waals surface area contributed by atoms with Crippen molar-refractivity contribution in [3.63, 3.8) is 0 Å². The Balaban J connectivity index is 1.72. The second kappa shape index (κ2) is 6.92. The number of aromatic nitrogens is 2. The molecule has 4 rings (SSSR count). The number of ether oxygens (including phenoxy) is 1. The van der Waals surface area contributed by atoms with Gasteiger partial charge in [0.1, 0.15) is 0 Å². The normalized spacial score (nSPS) is 12.0. The Hall–Kier alpha value is -3.67. The molecule has 2 aromatic heterocycles. The lowest BCUT2D eigenvalue weighted by Gasteiger charge is -2.16. The maximum atomic E-state index is 13.2. The fraction of sp³-hybridized carbons (Fsp3) is 0.0952. The number of nitrogens with zero attached hydrogens (tertiary/aromatic N) is 1. The van der Waals surface area contributed by atoms with Gasteiger partial charge < -0.3 is 14.2 Å². The Morgan fingerprint density at radius 3 is 2.56 bits per heavy atom. The van der Waals surface area contributed by atoms with Gasteiger partial charge in [0.05, 0.1) is 5.69 Å². The fourth-order valence-corrected chi connectivity index (χ4v) is 2.94. The first kappa shape index (κ1) is 16.8. The summed E-state index contributed by atoms with van der Waals surface area (Å²) in [6.45, 7) is 1.70. The molecular formula is C21H16N2O4. The highest BCUT2D eigenvalue weighted by molar-refractivity contribution is 6.10. The van der Waals surface area contributed by atoms with Gasteiger partial charge in [0, 0.05) is 34.3 Å². The van der Waals surface area contributed by atoms with Crippen molar-refractivity contribution >= 4 is 22.7 Å². The number of Topliss-reactive ketones (excluding diaryl/α,β-unsaturated/α-hetero) is 1. The Bertz CT molecular complexity index is 1110. The van der Waals surface area contributed by atoms with Crippen LogP contribution in [0.15, 0.2) is 71.4 Å². The molecule has 134 valence electrons. The Morgan fingerprint density at radius 2 is 1.81 bits per heavy atom. The van der Waals surface area contributed by atoms with Gasteiger partial charge in [0.25, 0.3) is 0 Å². The van der Waals surface area contributed by atoms with Crippen LogP contribution < -0.4 is 0 Å². The van der Waals surface area contributed by atoms with Crippen molar-refractivity contribution in [2.75, 3.05) is 0 Å². The highest BCUT2D eigenvalue weighted by atomic mass is 16.6. The monoisotopic (exact) mass is 360 g/mol. The number of rotatable bonds is 5. The molecular weight excluding hydrogens is 344 g/mol. The summed E-state index contributed by atoms with van der Waals surface area (Å²) in [7, 11) is 0. The lowest BCUT2D eigenvalue weighted by Crippen LogP contribution is -2.20. The summed E-state index contributed by atoms with van der Waals surface area (Å²) in [5.74, 6) is -1.10.